The Balaban J connectivity index is 2.69. The second-order valence-electron chi connectivity index (χ2n) is 3.77. The molecular formula is C12H10BrN3O2. The van der Waals surface area contributed by atoms with Crippen LogP contribution in [-0.2, 0) is 7.05 Å². The Labute approximate surface area is 111 Å². The van der Waals surface area contributed by atoms with Gasteiger partial charge in [-0.3, -0.25) is 4.79 Å². The molecule has 2 rings (SSSR count). The molecule has 0 aliphatic heterocycles. The number of benzene rings is 1. The van der Waals surface area contributed by atoms with Gasteiger partial charge in [0, 0.05) is 23.3 Å². The fourth-order valence-electron chi connectivity index (χ4n) is 1.55. The van der Waals surface area contributed by atoms with Gasteiger partial charge in [0.1, 0.15) is 0 Å². The monoisotopic (exact) mass is 307 g/mol. The second kappa shape index (κ2) is 4.73. The molecule has 0 fully saturated rings. The summed E-state index contributed by atoms with van der Waals surface area (Å²) in [6, 6.07) is 7.13. The van der Waals surface area contributed by atoms with E-state index in [0.717, 1.165) is 4.47 Å². The summed E-state index contributed by atoms with van der Waals surface area (Å²) < 4.78 is 2.12. The molecule has 5 nitrogen and oxygen atoms in total. The molecule has 2 N–H and O–H groups in total. The number of hydrogen-bond acceptors (Lipinski definition) is 3. The molecule has 1 aromatic heterocycles. The first-order valence-electron chi connectivity index (χ1n) is 5.12. The van der Waals surface area contributed by atoms with Gasteiger partial charge in [-0.1, -0.05) is 28.1 Å². The molecule has 92 valence electrons. The minimum Gasteiger partial charge on any atom is -0.365 e. The van der Waals surface area contributed by atoms with Crippen LogP contribution in [0.4, 0.5) is 0 Å². The van der Waals surface area contributed by atoms with E-state index in [2.05, 4.69) is 20.9 Å². The minimum absolute atomic E-state index is 0.222. The van der Waals surface area contributed by atoms with Gasteiger partial charge >= 0.3 is 5.69 Å². The number of aryl methyl sites for hydroxylation is 1. The number of amides is 1. The molecule has 6 heteroatoms. The van der Waals surface area contributed by atoms with E-state index in [9.17, 15) is 9.59 Å². The summed E-state index contributed by atoms with van der Waals surface area (Å²) in [7, 11) is 1.52. The number of rotatable bonds is 2. The molecule has 0 aliphatic rings. The molecule has 0 radical (unpaired) electrons. The van der Waals surface area contributed by atoms with Gasteiger partial charge in [0.15, 0.2) is 0 Å². The fraction of sp³-hybridized carbons (Fsp3) is 0.0833. The van der Waals surface area contributed by atoms with Crippen LogP contribution < -0.4 is 11.4 Å². The van der Waals surface area contributed by atoms with E-state index < -0.39 is 11.6 Å². The van der Waals surface area contributed by atoms with Gasteiger partial charge in [0.05, 0.1) is 11.3 Å². The van der Waals surface area contributed by atoms with E-state index in [1.807, 2.05) is 0 Å². The summed E-state index contributed by atoms with van der Waals surface area (Å²) >= 11 is 3.31. The highest BCUT2D eigenvalue weighted by molar-refractivity contribution is 9.10. The maximum absolute atomic E-state index is 11.5. The van der Waals surface area contributed by atoms with Crippen LogP contribution in [0.3, 0.4) is 0 Å². The van der Waals surface area contributed by atoms with Gasteiger partial charge in [-0.15, -0.1) is 0 Å². The summed E-state index contributed by atoms with van der Waals surface area (Å²) in [5.74, 6) is -0.615. The standard InChI is InChI=1S/C12H10BrN3O2/c1-16-6-9(11(14)17)10(15-12(16)18)7-2-4-8(13)5-3-7/h2-6H,1H3,(H2,14,17). The lowest BCUT2D eigenvalue weighted by Gasteiger charge is -2.07. The van der Waals surface area contributed by atoms with E-state index >= 15 is 0 Å². The van der Waals surface area contributed by atoms with Crippen molar-refractivity contribution in [3.05, 3.63) is 51.0 Å². The van der Waals surface area contributed by atoms with E-state index in [4.69, 9.17) is 5.73 Å². The molecule has 0 unspecified atom stereocenters. The van der Waals surface area contributed by atoms with Crippen LogP contribution in [0.1, 0.15) is 10.4 Å². The van der Waals surface area contributed by atoms with Crippen molar-refractivity contribution in [1.29, 1.82) is 0 Å². The predicted octanol–water partition coefficient (Wildman–Crippen LogP) is 1.31. The fourth-order valence-corrected chi connectivity index (χ4v) is 1.82. The molecule has 1 aromatic carbocycles. The van der Waals surface area contributed by atoms with Crippen molar-refractivity contribution in [1.82, 2.24) is 9.55 Å². The van der Waals surface area contributed by atoms with Gasteiger partial charge in [-0.2, -0.15) is 4.98 Å². The van der Waals surface area contributed by atoms with Crippen molar-refractivity contribution in [3.63, 3.8) is 0 Å². The molecule has 18 heavy (non-hydrogen) atoms. The van der Waals surface area contributed by atoms with E-state index in [1.54, 1.807) is 24.3 Å². The molecular weight excluding hydrogens is 298 g/mol. The number of primary amides is 1. The SMILES string of the molecule is Cn1cc(C(N)=O)c(-c2ccc(Br)cc2)nc1=O. The summed E-state index contributed by atoms with van der Waals surface area (Å²) in [6.07, 6.45) is 1.40. The number of nitrogens with zero attached hydrogens (tertiary/aromatic N) is 2. The molecule has 0 bridgehead atoms. The Morgan fingerprint density at radius 2 is 1.94 bits per heavy atom. The highest BCUT2D eigenvalue weighted by Crippen LogP contribution is 2.21. The van der Waals surface area contributed by atoms with Crippen molar-refractivity contribution >= 4 is 21.8 Å². The van der Waals surface area contributed by atoms with E-state index in [0.29, 0.717) is 11.3 Å². The average Bonchev–Trinajstić information content (AvgIpc) is 2.33. The lowest BCUT2D eigenvalue weighted by atomic mass is 10.1. The number of hydrogen-bond donors (Lipinski definition) is 1. The molecule has 0 atom stereocenters. The quantitative estimate of drug-likeness (QED) is 0.908. The number of aromatic nitrogens is 2. The largest absolute Gasteiger partial charge is 0.365 e. The van der Waals surface area contributed by atoms with Crippen molar-refractivity contribution in [2.24, 2.45) is 12.8 Å². The van der Waals surface area contributed by atoms with Gasteiger partial charge in [0.2, 0.25) is 0 Å². The van der Waals surface area contributed by atoms with Crippen LogP contribution in [-0.4, -0.2) is 15.5 Å². The summed E-state index contributed by atoms with van der Waals surface area (Å²) in [4.78, 5) is 26.8. The summed E-state index contributed by atoms with van der Waals surface area (Å²) in [5, 5.41) is 0. The van der Waals surface area contributed by atoms with Crippen LogP contribution in [0.25, 0.3) is 11.3 Å². The third-order valence-electron chi connectivity index (χ3n) is 2.47. The average molecular weight is 308 g/mol. The number of carbonyl (C=O) groups excluding carboxylic acids is 1. The Morgan fingerprint density at radius 3 is 2.50 bits per heavy atom. The summed E-state index contributed by atoms with van der Waals surface area (Å²) in [6.45, 7) is 0. The third kappa shape index (κ3) is 2.33. The Hall–Kier alpha value is -1.95. The normalized spacial score (nSPS) is 10.3. The van der Waals surface area contributed by atoms with Crippen LogP contribution in [0.15, 0.2) is 39.7 Å². The van der Waals surface area contributed by atoms with Crippen molar-refractivity contribution in [2.45, 2.75) is 0 Å². The van der Waals surface area contributed by atoms with Crippen molar-refractivity contribution in [3.8, 4) is 11.3 Å². The molecule has 1 amide bonds. The highest BCUT2D eigenvalue weighted by atomic mass is 79.9. The highest BCUT2D eigenvalue weighted by Gasteiger charge is 2.13. The molecule has 0 saturated carbocycles. The molecule has 0 saturated heterocycles. The smallest absolute Gasteiger partial charge is 0.347 e. The summed E-state index contributed by atoms with van der Waals surface area (Å²) in [5.41, 5.74) is 6.06. The van der Waals surface area contributed by atoms with Crippen molar-refractivity contribution in [2.75, 3.05) is 0 Å². The van der Waals surface area contributed by atoms with E-state index in [1.165, 1.54) is 17.8 Å². The van der Waals surface area contributed by atoms with Crippen LogP contribution in [0.5, 0.6) is 0 Å². The lowest BCUT2D eigenvalue weighted by molar-refractivity contribution is 0.1000. The zero-order valence-corrected chi connectivity index (χ0v) is 11.1. The topological polar surface area (TPSA) is 78.0 Å². The van der Waals surface area contributed by atoms with Gasteiger partial charge in [0.25, 0.3) is 5.91 Å². The molecule has 0 aliphatic carbocycles. The van der Waals surface area contributed by atoms with Crippen LogP contribution in [0, 0.1) is 0 Å². The Kier molecular flexibility index (Phi) is 3.29. The minimum atomic E-state index is -0.615. The first kappa shape index (κ1) is 12.5. The number of nitrogens with two attached hydrogens (primary N) is 1. The van der Waals surface area contributed by atoms with Gasteiger partial charge < -0.3 is 10.3 Å². The Bertz CT molecular complexity index is 662. The zero-order valence-electron chi connectivity index (χ0n) is 9.55. The van der Waals surface area contributed by atoms with Gasteiger partial charge in [-0.05, 0) is 12.1 Å². The molecule has 1 heterocycles. The predicted molar refractivity (Wildman–Crippen MR) is 71.1 cm³/mol. The molecule has 0 spiro atoms. The number of halogens is 1. The molecule has 2 aromatic rings. The zero-order chi connectivity index (χ0) is 13.3. The Morgan fingerprint density at radius 1 is 1.33 bits per heavy atom. The van der Waals surface area contributed by atoms with Crippen LogP contribution in [0.2, 0.25) is 0 Å². The lowest BCUT2D eigenvalue weighted by Crippen LogP contribution is -2.25. The van der Waals surface area contributed by atoms with Crippen LogP contribution >= 0.6 is 15.9 Å². The maximum atomic E-state index is 11.5. The van der Waals surface area contributed by atoms with Crippen molar-refractivity contribution < 1.29 is 4.79 Å². The van der Waals surface area contributed by atoms with E-state index in [-0.39, 0.29) is 5.56 Å². The third-order valence-corrected chi connectivity index (χ3v) is 3.00. The number of carbonyl (C=O) groups is 1. The maximum Gasteiger partial charge on any atom is 0.347 e. The van der Waals surface area contributed by atoms with Gasteiger partial charge in [-0.25, -0.2) is 4.79 Å². The first-order valence-corrected chi connectivity index (χ1v) is 5.92. The second-order valence-corrected chi connectivity index (χ2v) is 4.68. The first-order chi connectivity index (χ1) is 8.49.